The SMILES string of the molecule is CCOC.CNCCON=C(c1[c-]cccc1)c1[c-]cccc1.[Y]. The average Bonchev–Trinajstić information content (AvgIpc) is 2.63. The number of likely N-dealkylation sites (N-methyl/N-ethyl adjacent to an activating group) is 1. The quantitative estimate of drug-likeness (QED) is 0.336. The number of nitrogens with zero attached hydrogens (tertiary/aromatic N) is 1. The molecule has 1 radical (unpaired) electrons. The van der Waals surface area contributed by atoms with Crippen molar-refractivity contribution in [3.63, 3.8) is 0 Å². The van der Waals surface area contributed by atoms with Gasteiger partial charge in [-0.3, -0.25) is 0 Å². The van der Waals surface area contributed by atoms with Gasteiger partial charge < -0.3 is 14.9 Å². The summed E-state index contributed by atoms with van der Waals surface area (Å²) < 4.78 is 4.54. The molecule has 0 aliphatic carbocycles. The van der Waals surface area contributed by atoms with Gasteiger partial charge in [0.15, 0.2) is 0 Å². The van der Waals surface area contributed by atoms with Gasteiger partial charge in [0.05, 0.1) is 0 Å². The first-order chi connectivity index (χ1) is 11.3. The summed E-state index contributed by atoms with van der Waals surface area (Å²) in [6, 6.07) is 21.7. The van der Waals surface area contributed by atoms with Gasteiger partial charge in [0.1, 0.15) is 6.61 Å². The Labute approximate surface area is 170 Å². The van der Waals surface area contributed by atoms with E-state index < -0.39 is 0 Å². The number of methoxy groups -OCH3 is 1. The van der Waals surface area contributed by atoms with Crippen molar-refractivity contribution in [1.82, 2.24) is 5.32 Å². The average molecular weight is 401 g/mol. The van der Waals surface area contributed by atoms with E-state index in [0.717, 1.165) is 30.0 Å². The minimum atomic E-state index is 0. The van der Waals surface area contributed by atoms with Gasteiger partial charge in [0, 0.05) is 58.7 Å². The maximum atomic E-state index is 5.33. The molecule has 4 nitrogen and oxygen atoms in total. The van der Waals surface area contributed by atoms with Crippen LogP contribution in [0.4, 0.5) is 0 Å². The van der Waals surface area contributed by atoms with Gasteiger partial charge in [-0.2, -0.15) is 0 Å². The molecule has 0 heterocycles. The number of ether oxygens (including phenoxy) is 1. The zero-order valence-electron chi connectivity index (χ0n) is 14.6. The third-order valence-electron chi connectivity index (χ3n) is 2.82. The monoisotopic (exact) mass is 401 g/mol. The van der Waals surface area contributed by atoms with E-state index in [4.69, 9.17) is 4.84 Å². The smallest absolute Gasteiger partial charge is 0.128 e. The molecule has 5 heteroatoms. The molecule has 2 rings (SSSR count). The summed E-state index contributed by atoms with van der Waals surface area (Å²) in [6.07, 6.45) is 0. The van der Waals surface area contributed by atoms with Crippen molar-refractivity contribution in [2.24, 2.45) is 5.16 Å². The van der Waals surface area contributed by atoms with Crippen LogP contribution in [0.15, 0.2) is 53.7 Å². The predicted molar refractivity (Wildman–Crippen MR) is 93.6 cm³/mol. The third kappa shape index (κ3) is 9.28. The Balaban J connectivity index is 0.000000954. The van der Waals surface area contributed by atoms with Crippen LogP contribution in [0.1, 0.15) is 18.1 Å². The van der Waals surface area contributed by atoms with Crippen LogP contribution in [0.3, 0.4) is 0 Å². The molecule has 1 N–H and O–H groups in total. The van der Waals surface area contributed by atoms with Gasteiger partial charge in [-0.1, -0.05) is 0 Å². The Morgan fingerprint density at radius 1 is 1.08 bits per heavy atom. The summed E-state index contributed by atoms with van der Waals surface area (Å²) in [6.45, 7) is 4.06. The largest absolute Gasteiger partial charge is 0.403 e. The van der Waals surface area contributed by atoms with Crippen molar-refractivity contribution >= 4 is 5.71 Å². The Hall–Kier alpha value is -1.07. The summed E-state index contributed by atoms with van der Waals surface area (Å²) in [7, 11) is 3.56. The second-order valence-electron chi connectivity index (χ2n) is 4.51. The van der Waals surface area contributed by atoms with E-state index in [1.807, 2.05) is 62.5 Å². The summed E-state index contributed by atoms with van der Waals surface area (Å²) in [4.78, 5) is 5.33. The van der Waals surface area contributed by atoms with E-state index in [2.05, 4.69) is 27.3 Å². The van der Waals surface area contributed by atoms with Crippen LogP contribution in [0.25, 0.3) is 0 Å². The molecule has 0 bridgehead atoms. The number of nitrogens with one attached hydrogen (secondary N) is 1. The van der Waals surface area contributed by atoms with Crippen molar-refractivity contribution in [2.75, 3.05) is 33.9 Å². The van der Waals surface area contributed by atoms with Gasteiger partial charge in [-0.15, -0.1) is 76.9 Å². The van der Waals surface area contributed by atoms with Gasteiger partial charge in [0.2, 0.25) is 0 Å². The minimum Gasteiger partial charge on any atom is -0.403 e. The van der Waals surface area contributed by atoms with E-state index in [1.165, 1.54) is 0 Å². The molecular formula is C19H24N2O2Y-2. The summed E-state index contributed by atoms with van der Waals surface area (Å²) >= 11 is 0. The van der Waals surface area contributed by atoms with Crippen molar-refractivity contribution in [2.45, 2.75) is 6.92 Å². The van der Waals surface area contributed by atoms with Crippen LogP contribution < -0.4 is 5.32 Å². The number of hydrogen-bond acceptors (Lipinski definition) is 4. The Morgan fingerprint density at radius 2 is 1.62 bits per heavy atom. The van der Waals surface area contributed by atoms with Gasteiger partial charge >= 0.3 is 0 Å². The fourth-order valence-corrected chi connectivity index (χ4v) is 1.58. The molecule has 0 amide bonds. The first-order valence-corrected chi connectivity index (χ1v) is 7.61. The van der Waals surface area contributed by atoms with E-state index in [-0.39, 0.29) is 32.7 Å². The van der Waals surface area contributed by atoms with Gasteiger partial charge in [-0.05, 0) is 14.0 Å². The maximum absolute atomic E-state index is 5.33. The molecule has 0 saturated carbocycles. The number of benzene rings is 2. The zero-order chi connectivity index (χ0) is 16.8. The topological polar surface area (TPSA) is 42.8 Å². The predicted octanol–water partition coefficient (Wildman–Crippen LogP) is 2.93. The van der Waals surface area contributed by atoms with Crippen molar-refractivity contribution in [1.29, 1.82) is 0 Å². The molecular weight excluding hydrogens is 377 g/mol. The third-order valence-corrected chi connectivity index (χ3v) is 2.82. The molecule has 2 aromatic carbocycles. The van der Waals surface area contributed by atoms with Crippen LogP contribution in [0.5, 0.6) is 0 Å². The van der Waals surface area contributed by atoms with E-state index in [9.17, 15) is 0 Å². The molecule has 0 saturated heterocycles. The fraction of sp³-hybridized carbons (Fsp3) is 0.316. The normalized spacial score (nSPS) is 9.12. The Bertz CT molecular complexity index is 504. The van der Waals surface area contributed by atoms with Crippen LogP contribution in [0.2, 0.25) is 0 Å². The van der Waals surface area contributed by atoms with Crippen molar-refractivity contribution in [3.05, 3.63) is 71.8 Å². The van der Waals surface area contributed by atoms with Gasteiger partial charge in [0.25, 0.3) is 0 Å². The van der Waals surface area contributed by atoms with Crippen molar-refractivity contribution in [3.8, 4) is 0 Å². The van der Waals surface area contributed by atoms with Gasteiger partial charge in [-0.25, -0.2) is 0 Å². The van der Waals surface area contributed by atoms with Crippen molar-refractivity contribution < 1.29 is 42.3 Å². The molecule has 0 atom stereocenters. The van der Waals surface area contributed by atoms with Crippen LogP contribution in [0, 0.1) is 12.1 Å². The standard InChI is InChI=1S/C16H16N2O.C3H8O.Y/c1-17-12-13-19-18-16(14-8-4-2-5-9-14)15-10-6-3-7-11-15;1-3-4-2;/h2-8,10,17H,12-13H2,1H3;3H2,1-2H3;/q-2;;. The maximum Gasteiger partial charge on any atom is 0.128 e. The van der Waals surface area contributed by atoms with Crippen LogP contribution in [-0.4, -0.2) is 39.6 Å². The molecule has 0 spiro atoms. The van der Waals surface area contributed by atoms with Crippen LogP contribution >= 0.6 is 0 Å². The van der Waals surface area contributed by atoms with E-state index in [0.29, 0.717) is 6.61 Å². The van der Waals surface area contributed by atoms with E-state index >= 15 is 0 Å². The molecule has 0 aromatic heterocycles. The fourth-order valence-electron chi connectivity index (χ4n) is 1.58. The minimum absolute atomic E-state index is 0. The molecule has 24 heavy (non-hydrogen) atoms. The first kappa shape index (κ1) is 22.9. The number of oxime groups is 1. The molecule has 0 aliphatic rings. The first-order valence-electron chi connectivity index (χ1n) is 7.61. The Morgan fingerprint density at radius 3 is 2.00 bits per heavy atom. The summed E-state index contributed by atoms with van der Waals surface area (Å²) in [5, 5.41) is 7.23. The Kier molecular flexibility index (Phi) is 14.8. The second-order valence-corrected chi connectivity index (χ2v) is 4.51. The zero-order valence-corrected chi connectivity index (χ0v) is 17.4. The molecule has 0 unspecified atom stereocenters. The molecule has 0 fully saturated rings. The molecule has 2 aromatic rings. The summed E-state index contributed by atoms with van der Waals surface area (Å²) in [5.74, 6) is 0. The second kappa shape index (κ2) is 15.5. The molecule has 127 valence electrons. The summed E-state index contributed by atoms with van der Waals surface area (Å²) in [5.41, 5.74) is 2.54. The number of rotatable bonds is 7. The molecule has 0 aliphatic heterocycles. The van der Waals surface area contributed by atoms with Crippen LogP contribution in [-0.2, 0) is 42.3 Å². The van der Waals surface area contributed by atoms with E-state index in [1.54, 1.807) is 7.11 Å². The number of hydrogen-bond donors (Lipinski definition) is 1.